The highest BCUT2D eigenvalue weighted by Gasteiger charge is 2.50. The standard InChI is InChI=1S/C39H59N5O5S/c1-11-43(12-2)29(27-21-17-14-18-22-27)33(46)42-31(38(6,7)8)34(47)41-28(23-26-19-15-13-16-20-26)30(45)36(49)44-25-50-39(9,10)32(44)35(48)40-24-37(3,4)5/h13-22,28-32,45H,11-12,23-25H2,1-10H3,(H,40,48)(H,41,47)(H,42,46)/t28-,29-,30-,31+,32+/m0/s1. The van der Waals surface area contributed by atoms with Crippen molar-refractivity contribution in [3.8, 4) is 0 Å². The van der Waals surface area contributed by atoms with E-state index in [1.165, 1.54) is 16.7 Å². The first-order valence-electron chi connectivity index (χ1n) is 17.6. The molecule has 1 heterocycles. The Morgan fingerprint density at radius 1 is 0.900 bits per heavy atom. The first-order chi connectivity index (χ1) is 23.3. The lowest BCUT2D eigenvalue weighted by molar-refractivity contribution is -0.148. The van der Waals surface area contributed by atoms with Crippen LogP contribution in [0.1, 0.15) is 86.4 Å². The summed E-state index contributed by atoms with van der Waals surface area (Å²) in [6, 6.07) is 15.3. The Morgan fingerprint density at radius 2 is 1.46 bits per heavy atom. The maximum Gasteiger partial charge on any atom is 0.254 e. The fourth-order valence-corrected chi connectivity index (χ4v) is 7.37. The zero-order chi connectivity index (χ0) is 37.4. The van der Waals surface area contributed by atoms with E-state index < -0.39 is 52.2 Å². The molecule has 0 aromatic heterocycles. The third-order valence-corrected chi connectivity index (χ3v) is 10.5. The summed E-state index contributed by atoms with van der Waals surface area (Å²) < 4.78 is -0.600. The van der Waals surface area contributed by atoms with E-state index in [1.54, 1.807) is 0 Å². The highest BCUT2D eigenvalue weighted by molar-refractivity contribution is 8.00. The van der Waals surface area contributed by atoms with Gasteiger partial charge < -0.3 is 26.0 Å². The predicted octanol–water partition coefficient (Wildman–Crippen LogP) is 4.53. The van der Waals surface area contributed by atoms with Gasteiger partial charge in [0.1, 0.15) is 18.1 Å². The van der Waals surface area contributed by atoms with Crippen LogP contribution in [-0.4, -0.2) is 93.0 Å². The summed E-state index contributed by atoms with van der Waals surface area (Å²) in [5.74, 6) is -1.53. The van der Waals surface area contributed by atoms with Crippen molar-refractivity contribution in [1.82, 2.24) is 25.8 Å². The third kappa shape index (κ3) is 10.8. The van der Waals surface area contributed by atoms with Crippen LogP contribution >= 0.6 is 11.8 Å². The molecule has 2 aromatic rings. The first kappa shape index (κ1) is 41.0. The Kier molecular flexibility index (Phi) is 14.1. The molecular formula is C39H59N5O5S. The van der Waals surface area contributed by atoms with Crippen molar-refractivity contribution in [2.24, 2.45) is 10.8 Å². The lowest BCUT2D eigenvalue weighted by Gasteiger charge is -2.37. The minimum atomic E-state index is -1.66. The van der Waals surface area contributed by atoms with Gasteiger partial charge in [-0.2, -0.15) is 0 Å². The molecule has 2 aromatic carbocycles. The minimum Gasteiger partial charge on any atom is -0.381 e. The van der Waals surface area contributed by atoms with Crippen LogP contribution in [0.25, 0.3) is 0 Å². The van der Waals surface area contributed by atoms with Crippen LogP contribution < -0.4 is 16.0 Å². The lowest BCUT2D eigenvalue weighted by atomic mass is 9.85. The summed E-state index contributed by atoms with van der Waals surface area (Å²) in [5, 5.41) is 20.8. The van der Waals surface area contributed by atoms with E-state index in [0.717, 1.165) is 11.1 Å². The number of amides is 4. The van der Waals surface area contributed by atoms with Crippen molar-refractivity contribution in [2.45, 2.75) is 111 Å². The van der Waals surface area contributed by atoms with E-state index in [4.69, 9.17) is 0 Å². The largest absolute Gasteiger partial charge is 0.381 e. The number of hydrogen-bond acceptors (Lipinski definition) is 7. The number of aliphatic hydroxyl groups is 1. The van der Waals surface area contributed by atoms with Gasteiger partial charge in [0.25, 0.3) is 5.91 Å². The molecule has 4 N–H and O–H groups in total. The van der Waals surface area contributed by atoms with Gasteiger partial charge in [0.2, 0.25) is 17.7 Å². The Bertz CT molecular complexity index is 1440. The molecule has 4 amide bonds. The third-order valence-electron chi connectivity index (χ3n) is 9.09. The van der Waals surface area contributed by atoms with Crippen LogP contribution in [-0.2, 0) is 25.6 Å². The van der Waals surface area contributed by atoms with Gasteiger partial charge in [-0.15, -0.1) is 11.8 Å². The topological polar surface area (TPSA) is 131 Å². The van der Waals surface area contributed by atoms with E-state index in [0.29, 0.717) is 19.6 Å². The molecule has 3 rings (SSSR count). The summed E-state index contributed by atoms with van der Waals surface area (Å²) in [6.45, 7) is 21.2. The molecule has 1 saturated heterocycles. The monoisotopic (exact) mass is 709 g/mol. The predicted molar refractivity (Wildman–Crippen MR) is 201 cm³/mol. The minimum absolute atomic E-state index is 0.154. The maximum absolute atomic E-state index is 14.3. The Labute approximate surface area is 303 Å². The van der Waals surface area contributed by atoms with Crippen molar-refractivity contribution in [1.29, 1.82) is 0 Å². The van der Waals surface area contributed by atoms with Gasteiger partial charge in [-0.05, 0) is 55.3 Å². The van der Waals surface area contributed by atoms with Gasteiger partial charge in [0.15, 0.2) is 6.10 Å². The van der Waals surface area contributed by atoms with Crippen LogP contribution in [0, 0.1) is 10.8 Å². The van der Waals surface area contributed by atoms with Gasteiger partial charge in [0, 0.05) is 11.3 Å². The number of likely N-dealkylation sites (N-methyl/N-ethyl adjacent to an activating group) is 1. The molecule has 0 unspecified atom stereocenters. The fraction of sp³-hybridized carbons (Fsp3) is 0.590. The number of hydrogen-bond donors (Lipinski definition) is 4. The van der Waals surface area contributed by atoms with Crippen molar-refractivity contribution in [2.75, 3.05) is 25.5 Å². The summed E-state index contributed by atoms with van der Waals surface area (Å²) in [7, 11) is 0. The van der Waals surface area contributed by atoms with Crippen molar-refractivity contribution in [3.63, 3.8) is 0 Å². The van der Waals surface area contributed by atoms with Gasteiger partial charge in [-0.25, -0.2) is 0 Å². The number of thioether (sulfide) groups is 1. The molecule has 0 saturated carbocycles. The number of nitrogens with zero attached hydrogens (tertiary/aromatic N) is 2. The summed E-state index contributed by atoms with van der Waals surface area (Å²) in [5.41, 5.74) is 0.748. The number of carbonyl (C=O) groups is 4. The van der Waals surface area contributed by atoms with Crippen molar-refractivity contribution in [3.05, 3.63) is 71.8 Å². The quantitative estimate of drug-likeness (QED) is 0.227. The number of aliphatic hydroxyl groups excluding tert-OH is 1. The molecular weight excluding hydrogens is 651 g/mol. The van der Waals surface area contributed by atoms with Gasteiger partial charge >= 0.3 is 0 Å². The highest BCUT2D eigenvalue weighted by Crippen LogP contribution is 2.40. The van der Waals surface area contributed by atoms with Crippen LogP contribution in [0.5, 0.6) is 0 Å². The maximum atomic E-state index is 14.3. The molecule has 0 radical (unpaired) electrons. The molecule has 0 spiro atoms. The second-order valence-corrected chi connectivity index (χ2v) is 17.6. The Balaban J connectivity index is 1.93. The van der Waals surface area contributed by atoms with Gasteiger partial charge in [0.05, 0.1) is 11.9 Å². The van der Waals surface area contributed by atoms with Crippen LogP contribution in [0.15, 0.2) is 60.7 Å². The van der Waals surface area contributed by atoms with Crippen molar-refractivity contribution >= 4 is 35.4 Å². The molecule has 276 valence electrons. The van der Waals surface area contributed by atoms with Crippen LogP contribution in [0.3, 0.4) is 0 Å². The molecule has 1 aliphatic rings. The van der Waals surface area contributed by atoms with Crippen molar-refractivity contribution < 1.29 is 24.3 Å². The van der Waals surface area contributed by atoms with E-state index in [1.807, 2.05) is 135 Å². The van der Waals surface area contributed by atoms with E-state index >= 15 is 0 Å². The number of rotatable bonds is 14. The van der Waals surface area contributed by atoms with E-state index in [9.17, 15) is 24.3 Å². The Hall–Kier alpha value is -3.41. The molecule has 5 atom stereocenters. The second kappa shape index (κ2) is 17.2. The lowest BCUT2D eigenvalue weighted by Crippen LogP contribution is -2.62. The van der Waals surface area contributed by atoms with Crippen LogP contribution in [0.4, 0.5) is 0 Å². The summed E-state index contributed by atoms with van der Waals surface area (Å²) in [6.07, 6.45) is -1.50. The zero-order valence-electron chi connectivity index (χ0n) is 31.6. The summed E-state index contributed by atoms with van der Waals surface area (Å²) >= 11 is 1.47. The summed E-state index contributed by atoms with van der Waals surface area (Å²) in [4.78, 5) is 59.4. The van der Waals surface area contributed by atoms with Gasteiger partial charge in [-0.1, -0.05) is 116 Å². The molecule has 50 heavy (non-hydrogen) atoms. The molecule has 0 bridgehead atoms. The van der Waals surface area contributed by atoms with Crippen LogP contribution in [0.2, 0.25) is 0 Å². The average Bonchev–Trinajstić information content (AvgIpc) is 3.38. The average molecular weight is 710 g/mol. The molecule has 0 aliphatic carbocycles. The zero-order valence-corrected chi connectivity index (χ0v) is 32.4. The van der Waals surface area contributed by atoms with E-state index in [2.05, 4.69) is 16.0 Å². The molecule has 11 heteroatoms. The molecule has 10 nitrogen and oxygen atoms in total. The normalized spacial score (nSPS) is 18.6. The van der Waals surface area contributed by atoms with E-state index in [-0.39, 0.29) is 29.5 Å². The Morgan fingerprint density at radius 3 is 1.98 bits per heavy atom. The smallest absolute Gasteiger partial charge is 0.254 e. The number of benzene rings is 2. The van der Waals surface area contributed by atoms with Gasteiger partial charge in [-0.3, -0.25) is 24.1 Å². The molecule has 1 aliphatic heterocycles. The number of nitrogens with one attached hydrogen (secondary N) is 3. The second-order valence-electron chi connectivity index (χ2n) is 16.0. The SMILES string of the molecule is CCN(CC)[C@H](C(=O)N[C@H](C(=O)N[C@@H](Cc1ccccc1)[C@H](O)C(=O)N1CSC(C)(C)[C@H]1C(=O)NCC(C)(C)C)C(C)(C)C)c1ccccc1. The highest BCUT2D eigenvalue weighted by atomic mass is 32.2. The first-order valence-corrected chi connectivity index (χ1v) is 18.6. The number of carbonyl (C=O) groups excluding carboxylic acids is 4. The fourth-order valence-electron chi connectivity index (χ4n) is 6.23. The molecule has 1 fully saturated rings.